The fraction of sp³-hybridized carbons (Fsp3) is 0.765. The van der Waals surface area contributed by atoms with Crippen molar-refractivity contribution in [2.75, 3.05) is 26.2 Å². The fourth-order valence-corrected chi connectivity index (χ4v) is 4.81. The molecule has 0 bridgehead atoms. The molecule has 3 fully saturated rings. The molecule has 5 nitrogen and oxygen atoms in total. The summed E-state index contributed by atoms with van der Waals surface area (Å²) >= 11 is 0. The highest BCUT2D eigenvalue weighted by Gasteiger charge is 2.55. The summed E-state index contributed by atoms with van der Waals surface area (Å²) in [7, 11) is 1.94. The van der Waals surface area contributed by atoms with Crippen LogP contribution in [0.2, 0.25) is 0 Å². The minimum absolute atomic E-state index is 0.0133. The lowest BCUT2D eigenvalue weighted by Crippen LogP contribution is -2.60. The third-order valence-corrected chi connectivity index (χ3v) is 6.13. The first-order valence-corrected chi connectivity index (χ1v) is 8.74. The number of carbonyl (C=O) groups is 1. The molecule has 2 atom stereocenters. The maximum Gasteiger partial charge on any atom is 0.282 e. The standard InChI is InChI=1S/C17H24F2N4O/c1-21-13(4-7-20-21)9-22-8-6-16(10-22)5-2-3-14(16)15(24)23-11-17(18,19)12-23/h4,7,14H,2-3,5-6,8-12H2,1H3. The van der Waals surface area contributed by atoms with E-state index in [2.05, 4.69) is 10.00 Å². The van der Waals surface area contributed by atoms with Crippen molar-refractivity contribution in [2.45, 2.75) is 38.2 Å². The highest BCUT2D eigenvalue weighted by Crippen LogP contribution is 2.51. The molecule has 1 aliphatic carbocycles. The average molecular weight is 338 g/mol. The van der Waals surface area contributed by atoms with E-state index < -0.39 is 19.0 Å². The molecular weight excluding hydrogens is 314 g/mol. The number of nitrogens with zero attached hydrogens (tertiary/aromatic N) is 4. The van der Waals surface area contributed by atoms with E-state index >= 15 is 0 Å². The third-order valence-electron chi connectivity index (χ3n) is 6.13. The Hall–Kier alpha value is -1.50. The van der Waals surface area contributed by atoms with Gasteiger partial charge in [0.1, 0.15) is 0 Å². The van der Waals surface area contributed by atoms with E-state index in [4.69, 9.17) is 0 Å². The van der Waals surface area contributed by atoms with Crippen LogP contribution in [-0.4, -0.2) is 57.6 Å². The summed E-state index contributed by atoms with van der Waals surface area (Å²) in [6, 6.07) is 2.02. The maximum atomic E-state index is 13.1. The van der Waals surface area contributed by atoms with Crippen molar-refractivity contribution >= 4 is 5.91 Å². The van der Waals surface area contributed by atoms with Crippen molar-refractivity contribution in [3.05, 3.63) is 18.0 Å². The van der Waals surface area contributed by atoms with Crippen molar-refractivity contribution in [2.24, 2.45) is 18.4 Å². The lowest BCUT2D eigenvalue weighted by molar-refractivity contribution is -0.172. The Kier molecular flexibility index (Phi) is 3.67. The molecular formula is C17H24F2N4O. The number of halogens is 2. The number of amides is 1. The molecule has 0 N–H and O–H groups in total. The Morgan fingerprint density at radius 2 is 2.12 bits per heavy atom. The Morgan fingerprint density at radius 1 is 1.33 bits per heavy atom. The molecule has 2 unspecified atom stereocenters. The smallest absolute Gasteiger partial charge is 0.282 e. The SMILES string of the molecule is Cn1nccc1CN1CCC2(CCCC2C(=O)N2CC(F)(F)C2)C1. The van der Waals surface area contributed by atoms with E-state index in [1.807, 2.05) is 17.8 Å². The van der Waals surface area contributed by atoms with Gasteiger partial charge in [-0.15, -0.1) is 0 Å². The zero-order valence-electron chi connectivity index (χ0n) is 14.0. The van der Waals surface area contributed by atoms with Crippen molar-refractivity contribution in [3.8, 4) is 0 Å². The Morgan fingerprint density at radius 3 is 2.79 bits per heavy atom. The van der Waals surface area contributed by atoms with Crippen LogP contribution < -0.4 is 0 Å². The highest BCUT2D eigenvalue weighted by atomic mass is 19.3. The molecule has 2 saturated heterocycles. The molecule has 0 aromatic carbocycles. The van der Waals surface area contributed by atoms with Crippen LogP contribution in [-0.2, 0) is 18.4 Å². The zero-order valence-corrected chi connectivity index (χ0v) is 14.0. The van der Waals surface area contributed by atoms with Crippen LogP contribution in [0.1, 0.15) is 31.4 Å². The number of likely N-dealkylation sites (tertiary alicyclic amines) is 2. The quantitative estimate of drug-likeness (QED) is 0.845. The van der Waals surface area contributed by atoms with Gasteiger partial charge in [0, 0.05) is 32.3 Å². The monoisotopic (exact) mass is 338 g/mol. The highest BCUT2D eigenvalue weighted by molar-refractivity contribution is 5.81. The van der Waals surface area contributed by atoms with E-state index in [9.17, 15) is 13.6 Å². The minimum atomic E-state index is -2.68. The number of aromatic nitrogens is 2. The normalized spacial score (nSPS) is 32.5. The van der Waals surface area contributed by atoms with E-state index in [1.165, 1.54) is 4.90 Å². The van der Waals surface area contributed by atoms with Crippen LogP contribution in [0.15, 0.2) is 12.3 Å². The van der Waals surface area contributed by atoms with Crippen LogP contribution in [0.3, 0.4) is 0 Å². The van der Waals surface area contributed by atoms with Gasteiger partial charge >= 0.3 is 0 Å². The largest absolute Gasteiger partial charge is 0.330 e. The summed E-state index contributed by atoms with van der Waals surface area (Å²) in [6.07, 6.45) is 5.70. The number of aryl methyl sites for hydroxylation is 1. The molecule has 3 heterocycles. The van der Waals surface area contributed by atoms with Crippen molar-refractivity contribution in [3.63, 3.8) is 0 Å². The summed E-state index contributed by atoms with van der Waals surface area (Å²) in [6.45, 7) is 1.90. The van der Waals surface area contributed by atoms with Crippen LogP contribution in [0, 0.1) is 11.3 Å². The predicted molar refractivity (Wildman–Crippen MR) is 84.4 cm³/mol. The van der Waals surface area contributed by atoms with Gasteiger partial charge in [-0.05, 0) is 37.3 Å². The summed E-state index contributed by atoms with van der Waals surface area (Å²) in [5, 5.41) is 4.20. The topological polar surface area (TPSA) is 41.4 Å². The second kappa shape index (κ2) is 5.51. The van der Waals surface area contributed by atoms with Crippen LogP contribution in [0.25, 0.3) is 0 Å². The molecule has 0 radical (unpaired) electrons. The second-order valence-corrected chi connectivity index (χ2v) is 7.76. The van der Waals surface area contributed by atoms with E-state index in [0.717, 1.165) is 51.0 Å². The van der Waals surface area contributed by atoms with Gasteiger partial charge in [-0.25, -0.2) is 8.78 Å². The maximum absolute atomic E-state index is 13.1. The van der Waals surface area contributed by atoms with Crippen LogP contribution in [0.4, 0.5) is 8.78 Å². The van der Waals surface area contributed by atoms with Gasteiger partial charge in [-0.3, -0.25) is 14.4 Å². The molecule has 2 aliphatic heterocycles. The first kappa shape index (κ1) is 16.0. The molecule has 7 heteroatoms. The van der Waals surface area contributed by atoms with Gasteiger partial charge in [-0.2, -0.15) is 5.10 Å². The van der Waals surface area contributed by atoms with Crippen molar-refractivity contribution in [1.82, 2.24) is 19.6 Å². The predicted octanol–water partition coefficient (Wildman–Crippen LogP) is 1.89. The molecule has 24 heavy (non-hydrogen) atoms. The number of hydrogen-bond acceptors (Lipinski definition) is 3. The van der Waals surface area contributed by atoms with Gasteiger partial charge in [0.25, 0.3) is 5.92 Å². The average Bonchev–Trinajstić information content (AvgIpc) is 3.20. The Balaban J connectivity index is 1.43. The molecule has 1 aromatic heterocycles. The van der Waals surface area contributed by atoms with Crippen molar-refractivity contribution in [1.29, 1.82) is 0 Å². The first-order valence-electron chi connectivity index (χ1n) is 8.74. The molecule has 4 rings (SSSR count). The van der Waals surface area contributed by atoms with E-state index in [-0.39, 0.29) is 17.2 Å². The lowest BCUT2D eigenvalue weighted by atomic mass is 9.76. The summed E-state index contributed by atoms with van der Waals surface area (Å²) < 4.78 is 28.1. The molecule has 1 saturated carbocycles. The first-order chi connectivity index (χ1) is 11.4. The lowest BCUT2D eigenvalue weighted by Gasteiger charge is -2.42. The number of alkyl halides is 2. The van der Waals surface area contributed by atoms with Gasteiger partial charge in [0.05, 0.1) is 18.8 Å². The number of hydrogen-bond donors (Lipinski definition) is 0. The Labute approximate surface area is 140 Å². The van der Waals surface area contributed by atoms with Gasteiger partial charge in [-0.1, -0.05) is 6.42 Å². The molecule has 1 spiro atoms. The van der Waals surface area contributed by atoms with Gasteiger partial charge in [0.15, 0.2) is 0 Å². The second-order valence-electron chi connectivity index (χ2n) is 7.76. The van der Waals surface area contributed by atoms with Crippen LogP contribution in [0.5, 0.6) is 0 Å². The fourth-order valence-electron chi connectivity index (χ4n) is 4.81. The van der Waals surface area contributed by atoms with Gasteiger partial charge in [0.2, 0.25) is 5.91 Å². The molecule has 3 aliphatic rings. The minimum Gasteiger partial charge on any atom is -0.330 e. The number of rotatable bonds is 3. The molecule has 132 valence electrons. The number of carbonyl (C=O) groups excluding carboxylic acids is 1. The Bertz CT molecular complexity index is 638. The zero-order chi connectivity index (χ0) is 16.9. The molecule has 1 aromatic rings. The summed E-state index contributed by atoms with van der Waals surface area (Å²) in [5.74, 6) is -2.80. The van der Waals surface area contributed by atoms with Gasteiger partial charge < -0.3 is 4.90 Å². The van der Waals surface area contributed by atoms with Crippen LogP contribution >= 0.6 is 0 Å². The van der Waals surface area contributed by atoms with E-state index in [1.54, 1.807) is 6.20 Å². The third kappa shape index (κ3) is 2.62. The van der Waals surface area contributed by atoms with Crippen molar-refractivity contribution < 1.29 is 13.6 Å². The summed E-state index contributed by atoms with van der Waals surface area (Å²) in [5.41, 5.74) is 1.15. The summed E-state index contributed by atoms with van der Waals surface area (Å²) in [4.78, 5) is 16.5. The van der Waals surface area contributed by atoms with E-state index in [0.29, 0.717) is 0 Å². The molecule has 1 amide bonds.